The minimum atomic E-state index is -0.606. The summed E-state index contributed by atoms with van der Waals surface area (Å²) in [5.74, 6) is 0.975. The van der Waals surface area contributed by atoms with Crippen molar-refractivity contribution in [3.05, 3.63) is 30.9 Å². The number of aromatic amines is 1. The topological polar surface area (TPSA) is 113 Å². The van der Waals surface area contributed by atoms with E-state index in [1.165, 1.54) is 6.33 Å². The molecule has 0 amide bonds. The van der Waals surface area contributed by atoms with Crippen LogP contribution in [-0.4, -0.2) is 53.4 Å². The van der Waals surface area contributed by atoms with E-state index < -0.39 is 5.60 Å². The van der Waals surface area contributed by atoms with Gasteiger partial charge in [-0.05, 0) is 31.9 Å². The zero-order chi connectivity index (χ0) is 18.6. The molecule has 1 saturated carbocycles. The normalized spacial score (nSPS) is 22.1. The molecule has 0 atom stereocenters. The molecule has 1 fully saturated rings. The van der Waals surface area contributed by atoms with Crippen molar-refractivity contribution in [2.75, 3.05) is 12.4 Å². The second kappa shape index (κ2) is 5.65. The number of nitrogens with one attached hydrogen (secondary N) is 2. The van der Waals surface area contributed by atoms with Crippen molar-refractivity contribution in [1.29, 1.82) is 0 Å². The molecule has 4 aromatic rings. The zero-order valence-corrected chi connectivity index (χ0v) is 15.0. The molecule has 0 spiro atoms. The van der Waals surface area contributed by atoms with Crippen LogP contribution in [0.1, 0.15) is 19.8 Å². The van der Waals surface area contributed by atoms with Gasteiger partial charge in [-0.3, -0.25) is 0 Å². The van der Waals surface area contributed by atoms with Crippen LogP contribution >= 0.6 is 0 Å². The second-order valence-electron chi connectivity index (χ2n) is 7.21. The van der Waals surface area contributed by atoms with Gasteiger partial charge < -0.3 is 20.1 Å². The molecular weight excluding hydrogens is 346 g/mol. The Morgan fingerprint density at radius 1 is 1.33 bits per heavy atom. The maximum Gasteiger partial charge on any atom is 0.228 e. The molecule has 1 aliphatic rings. The Kier molecular flexibility index (Phi) is 3.35. The predicted molar refractivity (Wildman–Crippen MR) is 99.7 cm³/mol. The van der Waals surface area contributed by atoms with E-state index in [1.54, 1.807) is 11.6 Å². The Hall–Kier alpha value is -3.20. The Labute approximate surface area is 154 Å². The van der Waals surface area contributed by atoms with Crippen molar-refractivity contribution in [3.63, 3.8) is 0 Å². The SMILES string of the molecule is COc1nc(N[C@H]2C[C@@](C)(O)C2)nc2[nH]cc(-c3ccc4ncnn4c3)c12. The summed E-state index contributed by atoms with van der Waals surface area (Å²) in [5.41, 5.74) is 2.74. The van der Waals surface area contributed by atoms with Crippen molar-refractivity contribution < 1.29 is 9.84 Å². The Morgan fingerprint density at radius 3 is 2.96 bits per heavy atom. The summed E-state index contributed by atoms with van der Waals surface area (Å²) in [6.45, 7) is 1.83. The lowest BCUT2D eigenvalue weighted by atomic mass is 9.77. The largest absolute Gasteiger partial charge is 0.480 e. The van der Waals surface area contributed by atoms with Crippen molar-refractivity contribution >= 4 is 22.6 Å². The molecule has 5 rings (SSSR count). The number of aliphatic hydroxyl groups is 1. The molecule has 0 bridgehead atoms. The van der Waals surface area contributed by atoms with E-state index in [9.17, 15) is 5.11 Å². The van der Waals surface area contributed by atoms with Crippen LogP contribution in [0.3, 0.4) is 0 Å². The third kappa shape index (κ3) is 2.67. The van der Waals surface area contributed by atoms with Gasteiger partial charge in [0.05, 0.1) is 18.1 Å². The Balaban J connectivity index is 1.55. The highest BCUT2D eigenvalue weighted by Gasteiger charge is 2.38. The first kappa shape index (κ1) is 16.0. The average molecular weight is 365 g/mol. The molecule has 0 saturated heterocycles. The first-order valence-electron chi connectivity index (χ1n) is 8.74. The standard InChI is InChI=1S/C18H19N7O2/c1-18(26)5-11(6-18)22-17-23-15-14(16(24-17)27-2)12(7-19-15)10-3-4-13-20-9-21-25(13)8-10/h3-4,7-9,11,26H,5-6H2,1-2H3,(H2,19,22,23,24)/t11-,18+. The number of aromatic nitrogens is 6. The van der Waals surface area contributed by atoms with Crippen LogP contribution in [0.2, 0.25) is 0 Å². The van der Waals surface area contributed by atoms with Crippen molar-refractivity contribution in [2.24, 2.45) is 0 Å². The van der Waals surface area contributed by atoms with Crippen LogP contribution in [0.5, 0.6) is 5.88 Å². The summed E-state index contributed by atoms with van der Waals surface area (Å²) < 4.78 is 7.26. The quantitative estimate of drug-likeness (QED) is 0.507. The number of pyridine rings is 1. The molecule has 138 valence electrons. The van der Waals surface area contributed by atoms with Gasteiger partial charge in [-0.15, -0.1) is 0 Å². The van der Waals surface area contributed by atoms with Gasteiger partial charge in [0.1, 0.15) is 12.0 Å². The van der Waals surface area contributed by atoms with E-state index in [0.717, 1.165) is 22.2 Å². The molecule has 3 N–H and O–H groups in total. The predicted octanol–water partition coefficient (Wildman–Crippen LogP) is 2.00. The highest BCUT2D eigenvalue weighted by molar-refractivity contribution is 5.97. The highest BCUT2D eigenvalue weighted by atomic mass is 16.5. The lowest BCUT2D eigenvalue weighted by molar-refractivity contribution is -0.0236. The summed E-state index contributed by atoms with van der Waals surface area (Å²) in [5, 5.41) is 18.2. The van der Waals surface area contributed by atoms with Gasteiger partial charge in [-0.2, -0.15) is 15.1 Å². The summed E-state index contributed by atoms with van der Waals surface area (Å²) in [6, 6.07) is 4.05. The Morgan fingerprint density at radius 2 is 2.19 bits per heavy atom. The molecule has 0 radical (unpaired) electrons. The molecule has 0 aliphatic heterocycles. The molecule has 9 heteroatoms. The zero-order valence-electron chi connectivity index (χ0n) is 15.0. The van der Waals surface area contributed by atoms with Crippen LogP contribution in [0.4, 0.5) is 5.95 Å². The molecule has 27 heavy (non-hydrogen) atoms. The average Bonchev–Trinajstić information content (AvgIpc) is 3.25. The number of anilines is 1. The van der Waals surface area contributed by atoms with Crippen molar-refractivity contribution in [2.45, 2.75) is 31.4 Å². The van der Waals surface area contributed by atoms with Crippen molar-refractivity contribution in [1.82, 2.24) is 29.5 Å². The lowest BCUT2D eigenvalue weighted by Gasteiger charge is -2.41. The fourth-order valence-electron chi connectivity index (χ4n) is 3.70. The number of fused-ring (bicyclic) bond motifs is 2. The van der Waals surface area contributed by atoms with E-state index >= 15 is 0 Å². The van der Waals surface area contributed by atoms with Gasteiger partial charge >= 0.3 is 0 Å². The fraction of sp³-hybridized carbons (Fsp3) is 0.333. The van der Waals surface area contributed by atoms with E-state index in [0.29, 0.717) is 30.3 Å². The number of hydrogen-bond donors (Lipinski definition) is 3. The third-order valence-corrected chi connectivity index (χ3v) is 4.98. The summed E-state index contributed by atoms with van der Waals surface area (Å²) in [7, 11) is 1.59. The number of nitrogens with zero attached hydrogens (tertiary/aromatic N) is 5. The van der Waals surface area contributed by atoms with E-state index in [2.05, 4.69) is 30.4 Å². The summed E-state index contributed by atoms with van der Waals surface area (Å²) >= 11 is 0. The first-order valence-corrected chi connectivity index (χ1v) is 8.74. The van der Waals surface area contributed by atoms with Gasteiger partial charge in [-0.1, -0.05) is 0 Å². The van der Waals surface area contributed by atoms with Crippen LogP contribution in [0.25, 0.3) is 27.8 Å². The number of ether oxygens (including phenoxy) is 1. The van der Waals surface area contributed by atoms with Gasteiger partial charge in [-0.25, -0.2) is 9.50 Å². The Bertz CT molecular complexity index is 1140. The fourth-order valence-corrected chi connectivity index (χ4v) is 3.70. The van der Waals surface area contributed by atoms with Crippen LogP contribution in [0, 0.1) is 0 Å². The molecule has 1 aliphatic carbocycles. The smallest absolute Gasteiger partial charge is 0.228 e. The van der Waals surface area contributed by atoms with Crippen molar-refractivity contribution in [3.8, 4) is 17.0 Å². The van der Waals surface area contributed by atoms with Gasteiger partial charge in [0, 0.05) is 29.6 Å². The minimum absolute atomic E-state index is 0.159. The number of methoxy groups -OCH3 is 1. The maximum absolute atomic E-state index is 9.90. The highest BCUT2D eigenvalue weighted by Crippen LogP contribution is 2.36. The number of rotatable bonds is 4. The third-order valence-electron chi connectivity index (χ3n) is 4.98. The van der Waals surface area contributed by atoms with Crippen LogP contribution in [-0.2, 0) is 0 Å². The maximum atomic E-state index is 9.90. The number of H-pyrrole nitrogens is 1. The van der Waals surface area contributed by atoms with Gasteiger partial charge in [0.25, 0.3) is 0 Å². The monoisotopic (exact) mass is 365 g/mol. The van der Waals surface area contributed by atoms with Gasteiger partial charge in [0.2, 0.25) is 11.8 Å². The molecule has 9 nitrogen and oxygen atoms in total. The number of hydrogen-bond acceptors (Lipinski definition) is 7. The lowest BCUT2D eigenvalue weighted by Crippen LogP contribution is -2.48. The molecular formula is C18H19N7O2. The van der Waals surface area contributed by atoms with E-state index in [1.807, 2.05) is 31.5 Å². The summed E-state index contributed by atoms with van der Waals surface area (Å²) in [6.07, 6.45) is 6.66. The molecule has 4 heterocycles. The van der Waals surface area contributed by atoms with Crippen LogP contribution < -0.4 is 10.1 Å². The molecule has 4 aromatic heterocycles. The van der Waals surface area contributed by atoms with E-state index in [-0.39, 0.29) is 6.04 Å². The van der Waals surface area contributed by atoms with Gasteiger partial charge in [0.15, 0.2) is 5.65 Å². The second-order valence-corrected chi connectivity index (χ2v) is 7.21. The van der Waals surface area contributed by atoms with Crippen LogP contribution in [0.15, 0.2) is 30.9 Å². The molecule has 0 unspecified atom stereocenters. The summed E-state index contributed by atoms with van der Waals surface area (Å²) in [4.78, 5) is 16.5. The minimum Gasteiger partial charge on any atom is -0.480 e. The first-order chi connectivity index (χ1) is 13.0. The van der Waals surface area contributed by atoms with E-state index in [4.69, 9.17) is 4.74 Å². The molecule has 0 aromatic carbocycles.